The Morgan fingerprint density at radius 3 is 2.29 bits per heavy atom. The van der Waals surface area contributed by atoms with E-state index in [0.29, 0.717) is 17.8 Å². The van der Waals surface area contributed by atoms with Crippen LogP contribution in [0.4, 0.5) is 5.69 Å². The van der Waals surface area contributed by atoms with Crippen molar-refractivity contribution < 1.29 is 27.3 Å². The summed E-state index contributed by atoms with van der Waals surface area (Å²) in [5.74, 6) is -1.47. The van der Waals surface area contributed by atoms with E-state index in [0.717, 1.165) is 19.3 Å². The third-order valence-electron chi connectivity index (χ3n) is 5.85. The molecule has 190 valence electrons. The second-order valence-electron chi connectivity index (χ2n) is 8.69. The molecular weight excluding hydrogens is 458 g/mol. The lowest BCUT2D eigenvalue weighted by Crippen LogP contribution is -2.50. The summed E-state index contributed by atoms with van der Waals surface area (Å²) in [6.45, 7) is 3.41. The van der Waals surface area contributed by atoms with Gasteiger partial charge < -0.3 is 9.29 Å². The van der Waals surface area contributed by atoms with Crippen LogP contribution >= 0.6 is 0 Å². The number of rotatable bonds is 15. The lowest BCUT2D eigenvalue weighted by atomic mass is 10.1. The number of amides is 1. The molecule has 2 atom stereocenters. The van der Waals surface area contributed by atoms with Gasteiger partial charge in [-0.2, -0.15) is 10.1 Å². The van der Waals surface area contributed by atoms with Crippen molar-refractivity contribution >= 4 is 33.4 Å². The molecule has 0 aliphatic carbocycles. The van der Waals surface area contributed by atoms with Gasteiger partial charge in [0.25, 0.3) is 5.91 Å². The van der Waals surface area contributed by atoms with Gasteiger partial charge in [-0.3, -0.25) is 14.5 Å². The van der Waals surface area contributed by atoms with E-state index in [1.54, 1.807) is 31.2 Å². The monoisotopic (exact) mass is 494 g/mol. The molecule has 1 aromatic carbocycles. The number of unbranched alkanes of at least 4 members (excludes halogenated alkanes) is 7. The van der Waals surface area contributed by atoms with Crippen LogP contribution < -0.4 is 5.01 Å². The van der Waals surface area contributed by atoms with Gasteiger partial charge in [0.1, 0.15) is 16.2 Å². The third-order valence-corrected chi connectivity index (χ3v) is 6.88. The summed E-state index contributed by atoms with van der Waals surface area (Å²) >= 11 is 0. The van der Waals surface area contributed by atoms with Gasteiger partial charge in [0.15, 0.2) is 5.25 Å². The van der Waals surface area contributed by atoms with Crippen LogP contribution in [0.1, 0.15) is 65.2 Å². The highest BCUT2D eigenvalue weighted by Gasteiger charge is 2.40. The highest BCUT2D eigenvalue weighted by atomic mass is 32.2. The van der Waals surface area contributed by atoms with E-state index in [4.69, 9.17) is 4.74 Å². The fraction of sp³-hybridized carbons (Fsp3) is 0.625. The zero-order valence-corrected chi connectivity index (χ0v) is 21.1. The lowest BCUT2D eigenvalue weighted by Gasteiger charge is -2.28. The standard InChI is InChI=1S/C24H37N3O6S/c1-4-5-6-7-8-9-10-14-17-33-24(29)21(34(30,31)32)18-26(3)22-19(2)25-27(23(22)28)20-15-12-11-13-16-20/h11-13,15-16,21-22H,4-10,14,17-18H2,1-3H3,(H,30,31,32)/p-1. The number of carbonyl (C=O) groups is 2. The Bertz CT molecular complexity index is 935. The number of hydrogen-bond donors (Lipinski definition) is 0. The topological polar surface area (TPSA) is 119 Å². The number of nitrogens with zero attached hydrogens (tertiary/aromatic N) is 3. The Labute approximate surface area is 202 Å². The summed E-state index contributed by atoms with van der Waals surface area (Å²) < 4.78 is 40.6. The van der Waals surface area contributed by atoms with Crippen LogP contribution in [0.3, 0.4) is 0 Å². The predicted octanol–water partition coefficient (Wildman–Crippen LogP) is 3.31. The Balaban J connectivity index is 1.89. The first-order chi connectivity index (χ1) is 16.2. The van der Waals surface area contributed by atoms with Crippen molar-refractivity contribution in [2.45, 2.75) is 76.5 Å². The quantitative estimate of drug-likeness (QED) is 0.208. The van der Waals surface area contributed by atoms with E-state index >= 15 is 0 Å². The number of para-hydroxylation sites is 1. The van der Waals surface area contributed by atoms with Gasteiger partial charge in [-0.05, 0) is 32.5 Å². The molecule has 1 aromatic rings. The highest BCUT2D eigenvalue weighted by Crippen LogP contribution is 2.23. The zero-order chi connectivity index (χ0) is 25.1. The van der Waals surface area contributed by atoms with Crippen LogP contribution in [-0.2, 0) is 24.4 Å². The van der Waals surface area contributed by atoms with Gasteiger partial charge in [0.2, 0.25) is 0 Å². The molecule has 1 aliphatic rings. The van der Waals surface area contributed by atoms with Crippen LogP contribution in [0.25, 0.3) is 0 Å². The maximum Gasteiger partial charge on any atom is 0.324 e. The number of likely N-dealkylation sites (N-methyl/N-ethyl adjacent to an activating group) is 1. The Morgan fingerprint density at radius 1 is 1.12 bits per heavy atom. The summed E-state index contributed by atoms with van der Waals surface area (Å²) in [6.07, 6.45) is 8.45. The number of esters is 1. The molecule has 9 nitrogen and oxygen atoms in total. The predicted molar refractivity (Wildman–Crippen MR) is 131 cm³/mol. The van der Waals surface area contributed by atoms with Crippen molar-refractivity contribution in [2.75, 3.05) is 25.2 Å². The average molecular weight is 495 g/mol. The van der Waals surface area contributed by atoms with Gasteiger partial charge in [-0.15, -0.1) is 0 Å². The van der Waals surface area contributed by atoms with Crippen molar-refractivity contribution in [3.05, 3.63) is 30.3 Å². The highest BCUT2D eigenvalue weighted by molar-refractivity contribution is 7.87. The number of anilines is 1. The van der Waals surface area contributed by atoms with Crippen molar-refractivity contribution in [1.29, 1.82) is 0 Å². The van der Waals surface area contributed by atoms with Crippen molar-refractivity contribution in [1.82, 2.24) is 4.90 Å². The van der Waals surface area contributed by atoms with Gasteiger partial charge in [-0.25, -0.2) is 8.42 Å². The summed E-state index contributed by atoms with van der Waals surface area (Å²) in [5, 5.41) is 3.59. The average Bonchev–Trinajstić information content (AvgIpc) is 3.09. The first-order valence-electron chi connectivity index (χ1n) is 11.9. The summed E-state index contributed by atoms with van der Waals surface area (Å²) in [5.41, 5.74) is 1.01. The maximum atomic E-state index is 12.9. The van der Waals surface area contributed by atoms with E-state index in [1.807, 2.05) is 6.07 Å². The van der Waals surface area contributed by atoms with E-state index in [-0.39, 0.29) is 12.5 Å². The molecule has 34 heavy (non-hydrogen) atoms. The Kier molecular flexibility index (Phi) is 11.1. The van der Waals surface area contributed by atoms with Crippen LogP contribution in [-0.4, -0.2) is 66.9 Å². The van der Waals surface area contributed by atoms with Gasteiger partial charge >= 0.3 is 5.97 Å². The molecule has 2 unspecified atom stereocenters. The number of hydrogen-bond acceptors (Lipinski definition) is 8. The minimum atomic E-state index is -4.98. The molecule has 1 heterocycles. The van der Waals surface area contributed by atoms with E-state index in [9.17, 15) is 22.6 Å². The molecule has 0 aromatic heterocycles. The second-order valence-corrected chi connectivity index (χ2v) is 10.2. The molecule has 0 fully saturated rings. The van der Waals surface area contributed by atoms with Crippen molar-refractivity contribution in [2.24, 2.45) is 5.10 Å². The molecule has 1 amide bonds. The van der Waals surface area contributed by atoms with E-state index in [1.165, 1.54) is 42.6 Å². The smallest absolute Gasteiger partial charge is 0.324 e. The van der Waals surface area contributed by atoms with Crippen LogP contribution in [0, 0.1) is 0 Å². The summed E-state index contributed by atoms with van der Waals surface area (Å²) in [6, 6.07) is 7.92. The molecule has 0 bridgehead atoms. The number of benzene rings is 1. The van der Waals surface area contributed by atoms with Crippen molar-refractivity contribution in [3.8, 4) is 0 Å². The minimum Gasteiger partial charge on any atom is -0.747 e. The largest absolute Gasteiger partial charge is 0.747 e. The fourth-order valence-corrected chi connectivity index (χ4v) is 4.69. The summed E-state index contributed by atoms with van der Waals surface area (Å²) in [7, 11) is -3.49. The Morgan fingerprint density at radius 2 is 1.71 bits per heavy atom. The zero-order valence-electron chi connectivity index (χ0n) is 20.3. The maximum absolute atomic E-state index is 12.9. The minimum absolute atomic E-state index is 0.0636. The molecule has 0 saturated carbocycles. The number of ether oxygens (including phenoxy) is 1. The summed E-state index contributed by atoms with van der Waals surface area (Å²) in [4.78, 5) is 26.7. The SMILES string of the molecule is CCCCCCCCCCOC(=O)C(CN(C)C1C(=O)N(c2ccccc2)N=C1C)S(=O)(=O)[O-]. The van der Waals surface area contributed by atoms with Gasteiger partial charge in [0, 0.05) is 6.54 Å². The first kappa shape index (κ1) is 27.9. The molecule has 0 spiro atoms. The molecule has 1 aliphatic heterocycles. The van der Waals surface area contributed by atoms with E-state index < -0.39 is 33.9 Å². The third kappa shape index (κ3) is 8.18. The van der Waals surface area contributed by atoms with Gasteiger partial charge in [0.05, 0.1) is 18.0 Å². The normalized spacial score (nSPS) is 17.2. The molecular formula is C24H36N3O6S-. The Hall–Kier alpha value is -2.30. The van der Waals surface area contributed by atoms with Gasteiger partial charge in [-0.1, -0.05) is 70.1 Å². The molecule has 0 saturated heterocycles. The second kappa shape index (κ2) is 13.6. The lowest BCUT2D eigenvalue weighted by molar-refractivity contribution is -0.144. The van der Waals surface area contributed by atoms with Crippen LogP contribution in [0.5, 0.6) is 0 Å². The number of carbonyl (C=O) groups excluding carboxylic acids is 2. The van der Waals surface area contributed by atoms with E-state index in [2.05, 4.69) is 12.0 Å². The first-order valence-corrected chi connectivity index (χ1v) is 13.4. The van der Waals surface area contributed by atoms with Crippen LogP contribution in [0.2, 0.25) is 0 Å². The molecule has 10 heteroatoms. The molecule has 0 radical (unpaired) electrons. The fourth-order valence-electron chi connectivity index (χ4n) is 3.97. The molecule has 2 rings (SSSR count). The number of hydrazone groups is 1. The van der Waals surface area contributed by atoms with Crippen LogP contribution in [0.15, 0.2) is 35.4 Å². The van der Waals surface area contributed by atoms with Crippen molar-refractivity contribution in [3.63, 3.8) is 0 Å². The molecule has 0 N–H and O–H groups in total.